The van der Waals surface area contributed by atoms with E-state index in [1.807, 2.05) is 0 Å². The Hall–Kier alpha value is -1.64. The van der Waals surface area contributed by atoms with Gasteiger partial charge in [0, 0.05) is 5.56 Å². The zero-order chi connectivity index (χ0) is 9.42. The van der Waals surface area contributed by atoms with Crippen molar-refractivity contribution in [2.75, 3.05) is 0 Å². The molecule has 13 heavy (non-hydrogen) atoms. The molecule has 1 aromatic rings. The van der Waals surface area contributed by atoms with Crippen molar-refractivity contribution in [1.29, 1.82) is 0 Å². The molecule has 1 amide bonds. The molecule has 0 spiro atoms. The van der Waals surface area contributed by atoms with E-state index in [1.54, 1.807) is 31.2 Å². The molecule has 66 valence electrons. The maximum absolute atomic E-state index is 11.5. The van der Waals surface area contributed by atoms with Crippen LogP contribution >= 0.6 is 0 Å². The first-order valence-electron chi connectivity index (χ1n) is 4.14. The van der Waals surface area contributed by atoms with Crippen molar-refractivity contribution in [2.24, 2.45) is 0 Å². The third-order valence-corrected chi connectivity index (χ3v) is 2.18. The summed E-state index contributed by atoms with van der Waals surface area (Å²) in [5.74, 6) is -0.182. The Morgan fingerprint density at radius 3 is 2.46 bits per heavy atom. The normalized spacial score (nSPS) is 20.8. The number of carbonyl (C=O) groups is 2. The van der Waals surface area contributed by atoms with Gasteiger partial charge in [0.25, 0.3) is 5.91 Å². The van der Waals surface area contributed by atoms with E-state index < -0.39 is 6.04 Å². The molecule has 1 N–H and O–H groups in total. The van der Waals surface area contributed by atoms with Gasteiger partial charge in [-0.15, -0.1) is 0 Å². The Labute approximate surface area is 75.8 Å². The van der Waals surface area contributed by atoms with E-state index in [0.29, 0.717) is 11.1 Å². The minimum atomic E-state index is -0.401. The van der Waals surface area contributed by atoms with Crippen LogP contribution < -0.4 is 5.32 Å². The zero-order valence-electron chi connectivity index (χ0n) is 7.20. The number of Topliss-reactive ketones (excluding diaryl/α,β-unsaturated/α-hetero) is 1. The van der Waals surface area contributed by atoms with E-state index in [-0.39, 0.29) is 11.7 Å². The van der Waals surface area contributed by atoms with Crippen LogP contribution in [-0.2, 0) is 0 Å². The van der Waals surface area contributed by atoms with Crippen molar-refractivity contribution >= 4 is 11.7 Å². The topological polar surface area (TPSA) is 46.2 Å². The van der Waals surface area contributed by atoms with Crippen molar-refractivity contribution in [3.05, 3.63) is 35.4 Å². The highest BCUT2D eigenvalue weighted by atomic mass is 16.2. The second-order valence-electron chi connectivity index (χ2n) is 3.10. The molecule has 2 rings (SSSR count). The molecule has 1 heterocycles. The Kier molecular flexibility index (Phi) is 1.65. The number of hydrogen-bond acceptors (Lipinski definition) is 2. The van der Waals surface area contributed by atoms with Crippen LogP contribution in [-0.4, -0.2) is 17.7 Å². The van der Waals surface area contributed by atoms with Crippen LogP contribution in [0.3, 0.4) is 0 Å². The monoisotopic (exact) mass is 175 g/mol. The minimum Gasteiger partial charge on any atom is -0.342 e. The lowest BCUT2D eigenvalue weighted by atomic mass is 9.95. The van der Waals surface area contributed by atoms with Gasteiger partial charge in [0.05, 0.1) is 11.6 Å². The average molecular weight is 175 g/mol. The molecule has 0 radical (unpaired) electrons. The SMILES string of the molecule is CC1NC(=O)c2ccccc2C1=O. The van der Waals surface area contributed by atoms with Crippen molar-refractivity contribution < 1.29 is 9.59 Å². The molecule has 0 saturated heterocycles. The number of hydrogen-bond donors (Lipinski definition) is 1. The summed E-state index contributed by atoms with van der Waals surface area (Å²) in [6, 6.07) is 6.47. The highest BCUT2D eigenvalue weighted by Gasteiger charge is 2.27. The standard InChI is InChI=1S/C10H9NO2/c1-6-9(12)7-4-2-3-5-8(7)10(13)11-6/h2-6H,1H3,(H,11,13). The van der Waals surface area contributed by atoms with Gasteiger partial charge in [-0.3, -0.25) is 9.59 Å². The summed E-state index contributed by atoms with van der Waals surface area (Å²) < 4.78 is 0. The van der Waals surface area contributed by atoms with Gasteiger partial charge in [0.15, 0.2) is 5.78 Å². The molecule has 0 fully saturated rings. The van der Waals surface area contributed by atoms with E-state index in [1.165, 1.54) is 0 Å². The van der Waals surface area contributed by atoms with E-state index in [4.69, 9.17) is 0 Å². The van der Waals surface area contributed by atoms with Gasteiger partial charge in [-0.25, -0.2) is 0 Å². The summed E-state index contributed by atoms with van der Waals surface area (Å²) in [6.07, 6.45) is 0. The minimum absolute atomic E-state index is 0.0183. The highest BCUT2D eigenvalue weighted by molar-refractivity contribution is 6.14. The van der Waals surface area contributed by atoms with Crippen molar-refractivity contribution in [1.82, 2.24) is 5.32 Å². The fourth-order valence-electron chi connectivity index (χ4n) is 1.47. The Balaban J connectivity index is 2.60. The van der Waals surface area contributed by atoms with Crippen molar-refractivity contribution in [3.63, 3.8) is 0 Å². The van der Waals surface area contributed by atoms with Crippen LogP contribution in [0.1, 0.15) is 27.6 Å². The van der Waals surface area contributed by atoms with Gasteiger partial charge >= 0.3 is 0 Å². The van der Waals surface area contributed by atoms with Gasteiger partial charge in [-0.1, -0.05) is 18.2 Å². The van der Waals surface area contributed by atoms with E-state index in [9.17, 15) is 9.59 Å². The van der Waals surface area contributed by atoms with E-state index in [0.717, 1.165) is 0 Å². The predicted molar refractivity (Wildman–Crippen MR) is 47.7 cm³/mol. The second-order valence-corrected chi connectivity index (χ2v) is 3.10. The fraction of sp³-hybridized carbons (Fsp3) is 0.200. The molecule has 1 atom stereocenters. The number of rotatable bonds is 0. The van der Waals surface area contributed by atoms with Crippen LogP contribution in [0.2, 0.25) is 0 Å². The summed E-state index contributed by atoms with van der Waals surface area (Å²) in [5.41, 5.74) is 1.00. The molecule has 1 aliphatic rings. The van der Waals surface area contributed by atoms with Gasteiger partial charge < -0.3 is 5.32 Å². The number of carbonyl (C=O) groups excluding carboxylic acids is 2. The molecule has 3 heteroatoms. The van der Waals surface area contributed by atoms with E-state index in [2.05, 4.69) is 5.32 Å². The molecule has 0 bridgehead atoms. The lowest BCUT2D eigenvalue weighted by Crippen LogP contribution is -2.44. The quantitative estimate of drug-likeness (QED) is 0.639. The van der Waals surface area contributed by atoms with Crippen molar-refractivity contribution in [3.8, 4) is 0 Å². The molecule has 0 saturated carbocycles. The largest absolute Gasteiger partial charge is 0.342 e. The molecule has 1 aliphatic heterocycles. The van der Waals surface area contributed by atoms with Gasteiger partial charge in [-0.05, 0) is 13.0 Å². The summed E-state index contributed by atoms with van der Waals surface area (Å²) in [7, 11) is 0. The zero-order valence-corrected chi connectivity index (χ0v) is 7.20. The Morgan fingerprint density at radius 2 is 1.77 bits per heavy atom. The number of amides is 1. The third-order valence-electron chi connectivity index (χ3n) is 2.18. The van der Waals surface area contributed by atoms with Crippen LogP contribution in [0.5, 0.6) is 0 Å². The predicted octanol–water partition coefficient (Wildman–Crippen LogP) is 1.00. The maximum atomic E-state index is 11.5. The smallest absolute Gasteiger partial charge is 0.252 e. The first-order chi connectivity index (χ1) is 6.20. The van der Waals surface area contributed by atoms with Crippen LogP contribution in [0.4, 0.5) is 0 Å². The molecule has 1 aromatic carbocycles. The lowest BCUT2D eigenvalue weighted by Gasteiger charge is -2.20. The van der Waals surface area contributed by atoms with Crippen LogP contribution in [0, 0.1) is 0 Å². The number of benzene rings is 1. The summed E-state index contributed by atoms with van der Waals surface area (Å²) in [4.78, 5) is 22.9. The summed E-state index contributed by atoms with van der Waals surface area (Å²) in [5, 5.41) is 2.60. The molecule has 0 aliphatic carbocycles. The molecule has 3 nitrogen and oxygen atoms in total. The Morgan fingerprint density at radius 1 is 1.15 bits per heavy atom. The first-order valence-corrected chi connectivity index (χ1v) is 4.14. The molecular formula is C10H9NO2. The van der Waals surface area contributed by atoms with Gasteiger partial charge in [-0.2, -0.15) is 0 Å². The highest BCUT2D eigenvalue weighted by Crippen LogP contribution is 2.15. The second kappa shape index (κ2) is 2.69. The number of nitrogens with one attached hydrogen (secondary N) is 1. The lowest BCUT2D eigenvalue weighted by molar-refractivity contribution is 0.0837. The number of ketones is 1. The number of fused-ring (bicyclic) bond motifs is 1. The average Bonchev–Trinajstić information content (AvgIpc) is 2.15. The fourth-order valence-corrected chi connectivity index (χ4v) is 1.47. The van der Waals surface area contributed by atoms with Crippen LogP contribution in [0.15, 0.2) is 24.3 Å². The van der Waals surface area contributed by atoms with Crippen molar-refractivity contribution in [2.45, 2.75) is 13.0 Å². The first kappa shape index (κ1) is 7.98. The van der Waals surface area contributed by atoms with E-state index >= 15 is 0 Å². The Bertz CT molecular complexity index is 384. The summed E-state index contributed by atoms with van der Waals surface area (Å²) >= 11 is 0. The third kappa shape index (κ3) is 1.13. The molecular weight excluding hydrogens is 166 g/mol. The molecule has 1 unspecified atom stereocenters. The molecule has 0 aromatic heterocycles. The van der Waals surface area contributed by atoms with Gasteiger partial charge in [0.1, 0.15) is 0 Å². The van der Waals surface area contributed by atoms with Crippen LogP contribution in [0.25, 0.3) is 0 Å². The maximum Gasteiger partial charge on any atom is 0.252 e. The summed E-state index contributed by atoms with van der Waals surface area (Å²) in [6.45, 7) is 1.69. The van der Waals surface area contributed by atoms with Gasteiger partial charge in [0.2, 0.25) is 0 Å².